The highest BCUT2D eigenvalue weighted by Gasteiger charge is 2.24. The second-order valence-corrected chi connectivity index (χ2v) is 5.26. The zero-order valence-corrected chi connectivity index (χ0v) is 11.9. The van der Waals surface area contributed by atoms with E-state index in [-0.39, 0.29) is 6.04 Å². The molecule has 0 radical (unpaired) electrons. The molecule has 5 heteroatoms. The van der Waals surface area contributed by atoms with Crippen LogP contribution < -0.4 is 5.73 Å². The van der Waals surface area contributed by atoms with E-state index < -0.39 is 0 Å². The van der Waals surface area contributed by atoms with Crippen LogP contribution in [-0.2, 0) is 19.5 Å². The molecule has 2 aromatic rings. The lowest BCUT2D eigenvalue weighted by Crippen LogP contribution is -2.39. The molecule has 0 amide bonds. The maximum absolute atomic E-state index is 6.02. The van der Waals surface area contributed by atoms with Gasteiger partial charge in [-0.2, -0.15) is 0 Å². The quantitative estimate of drug-likeness (QED) is 0.912. The molecule has 0 saturated carbocycles. The maximum Gasteiger partial charge on any atom is 0.147 e. The van der Waals surface area contributed by atoms with Crippen molar-refractivity contribution < 1.29 is 0 Å². The van der Waals surface area contributed by atoms with Crippen LogP contribution in [0.25, 0.3) is 0 Å². The van der Waals surface area contributed by atoms with Crippen molar-refractivity contribution in [1.82, 2.24) is 19.7 Å². The highest BCUT2D eigenvalue weighted by Crippen LogP contribution is 2.24. The lowest BCUT2D eigenvalue weighted by molar-refractivity contribution is 0.156. The van der Waals surface area contributed by atoms with Crippen molar-refractivity contribution in [2.75, 3.05) is 13.1 Å². The Balaban J connectivity index is 1.79. The summed E-state index contributed by atoms with van der Waals surface area (Å²) < 4.78 is 2.12. The molecule has 0 aliphatic carbocycles. The van der Waals surface area contributed by atoms with Gasteiger partial charge in [0.15, 0.2) is 0 Å². The van der Waals surface area contributed by atoms with Crippen LogP contribution in [0.3, 0.4) is 0 Å². The van der Waals surface area contributed by atoms with Crippen LogP contribution in [0.4, 0.5) is 0 Å². The largest absolute Gasteiger partial charge is 0.329 e. The summed E-state index contributed by atoms with van der Waals surface area (Å²) in [6, 6.07) is 9.06. The summed E-state index contributed by atoms with van der Waals surface area (Å²) in [5, 5.41) is 8.15. The zero-order chi connectivity index (χ0) is 13.9. The number of hydrogen-bond donors (Lipinski definition) is 1. The molecule has 2 heterocycles. The molecular formula is C15H21N5. The van der Waals surface area contributed by atoms with Crippen molar-refractivity contribution in [2.45, 2.75) is 32.5 Å². The first kappa shape index (κ1) is 13.3. The van der Waals surface area contributed by atoms with E-state index in [1.165, 1.54) is 11.1 Å². The minimum absolute atomic E-state index is 0.256. The van der Waals surface area contributed by atoms with Gasteiger partial charge in [0, 0.05) is 25.7 Å². The van der Waals surface area contributed by atoms with Crippen LogP contribution in [0.1, 0.15) is 29.9 Å². The maximum atomic E-state index is 6.02. The van der Waals surface area contributed by atoms with Gasteiger partial charge < -0.3 is 10.3 Å². The average molecular weight is 271 g/mol. The fourth-order valence-corrected chi connectivity index (χ4v) is 2.82. The van der Waals surface area contributed by atoms with Crippen LogP contribution in [0.15, 0.2) is 30.6 Å². The molecule has 1 aromatic carbocycles. The second kappa shape index (κ2) is 5.73. The van der Waals surface area contributed by atoms with E-state index in [0.717, 1.165) is 31.9 Å². The molecule has 106 valence electrons. The predicted octanol–water partition coefficient (Wildman–Crippen LogP) is 1.36. The molecule has 1 aromatic heterocycles. The molecule has 0 fully saturated rings. The van der Waals surface area contributed by atoms with Crippen molar-refractivity contribution in [1.29, 1.82) is 0 Å². The van der Waals surface area contributed by atoms with Crippen molar-refractivity contribution in [3.8, 4) is 0 Å². The molecule has 0 spiro atoms. The predicted molar refractivity (Wildman–Crippen MR) is 78.0 cm³/mol. The van der Waals surface area contributed by atoms with E-state index in [0.29, 0.717) is 6.54 Å². The van der Waals surface area contributed by atoms with Gasteiger partial charge in [0.25, 0.3) is 0 Å². The topological polar surface area (TPSA) is 60.0 Å². The third-order valence-electron chi connectivity index (χ3n) is 4.11. The molecule has 2 N–H and O–H groups in total. The van der Waals surface area contributed by atoms with Gasteiger partial charge in [0.05, 0.1) is 6.54 Å². The molecule has 1 atom stereocenters. The first-order valence-corrected chi connectivity index (χ1v) is 7.21. The SMILES string of the molecule is CCc1ccc(C(CN)N2CCn3cnnc3C2)cc1. The third-order valence-corrected chi connectivity index (χ3v) is 4.11. The fraction of sp³-hybridized carbons (Fsp3) is 0.467. The molecule has 0 saturated heterocycles. The minimum Gasteiger partial charge on any atom is -0.329 e. The first-order chi connectivity index (χ1) is 9.81. The van der Waals surface area contributed by atoms with Crippen molar-refractivity contribution in [3.05, 3.63) is 47.5 Å². The minimum atomic E-state index is 0.256. The van der Waals surface area contributed by atoms with E-state index in [4.69, 9.17) is 5.73 Å². The van der Waals surface area contributed by atoms with E-state index in [1.807, 2.05) is 0 Å². The van der Waals surface area contributed by atoms with E-state index in [2.05, 4.69) is 50.9 Å². The van der Waals surface area contributed by atoms with Gasteiger partial charge in [-0.1, -0.05) is 31.2 Å². The highest BCUT2D eigenvalue weighted by molar-refractivity contribution is 5.25. The summed E-state index contributed by atoms with van der Waals surface area (Å²) in [5.74, 6) is 1.03. The number of fused-ring (bicyclic) bond motifs is 1. The fourth-order valence-electron chi connectivity index (χ4n) is 2.82. The number of nitrogens with zero attached hydrogens (tertiary/aromatic N) is 4. The first-order valence-electron chi connectivity index (χ1n) is 7.21. The third kappa shape index (κ3) is 2.46. The molecule has 0 bridgehead atoms. The second-order valence-electron chi connectivity index (χ2n) is 5.26. The van der Waals surface area contributed by atoms with Gasteiger partial charge in [0.2, 0.25) is 0 Å². The number of rotatable bonds is 4. The summed E-state index contributed by atoms with van der Waals surface area (Å²) in [5.41, 5.74) is 8.67. The van der Waals surface area contributed by atoms with Gasteiger partial charge in [-0.05, 0) is 17.5 Å². The number of aromatic nitrogens is 3. The number of aryl methyl sites for hydroxylation is 1. The summed E-state index contributed by atoms with van der Waals surface area (Å²) in [7, 11) is 0. The number of hydrogen-bond acceptors (Lipinski definition) is 4. The normalized spacial score (nSPS) is 16.9. The van der Waals surface area contributed by atoms with Crippen molar-refractivity contribution in [3.63, 3.8) is 0 Å². The summed E-state index contributed by atoms with van der Waals surface area (Å²) in [6.45, 7) is 5.54. The molecule has 20 heavy (non-hydrogen) atoms. The van der Waals surface area contributed by atoms with E-state index >= 15 is 0 Å². The molecular weight excluding hydrogens is 250 g/mol. The van der Waals surface area contributed by atoms with Crippen LogP contribution in [-0.4, -0.2) is 32.8 Å². The highest BCUT2D eigenvalue weighted by atomic mass is 15.3. The summed E-state index contributed by atoms with van der Waals surface area (Å²) in [6.07, 6.45) is 2.88. The Kier molecular flexibility index (Phi) is 3.80. The van der Waals surface area contributed by atoms with Gasteiger partial charge in [0.1, 0.15) is 12.2 Å². The Morgan fingerprint density at radius 2 is 2.05 bits per heavy atom. The van der Waals surface area contributed by atoms with E-state index in [1.54, 1.807) is 6.33 Å². The van der Waals surface area contributed by atoms with Gasteiger partial charge in [-0.15, -0.1) is 10.2 Å². The molecule has 5 nitrogen and oxygen atoms in total. The zero-order valence-electron chi connectivity index (χ0n) is 11.9. The van der Waals surface area contributed by atoms with Crippen LogP contribution >= 0.6 is 0 Å². The Labute approximate surface area is 119 Å². The Morgan fingerprint density at radius 1 is 1.25 bits per heavy atom. The Hall–Kier alpha value is -1.72. The molecule has 3 rings (SSSR count). The summed E-state index contributed by atoms with van der Waals surface area (Å²) >= 11 is 0. The molecule has 1 aliphatic heterocycles. The standard InChI is InChI=1S/C15H21N5/c1-2-12-3-5-13(6-4-12)14(9-16)19-7-8-20-11-17-18-15(20)10-19/h3-6,11,14H,2,7-10,16H2,1H3. The van der Waals surface area contributed by atoms with Crippen molar-refractivity contribution >= 4 is 0 Å². The van der Waals surface area contributed by atoms with E-state index in [9.17, 15) is 0 Å². The lowest BCUT2D eigenvalue weighted by Gasteiger charge is -2.34. The molecule has 1 aliphatic rings. The van der Waals surface area contributed by atoms with Crippen LogP contribution in [0, 0.1) is 0 Å². The smallest absolute Gasteiger partial charge is 0.147 e. The summed E-state index contributed by atoms with van der Waals surface area (Å²) in [4.78, 5) is 2.39. The number of nitrogens with two attached hydrogens (primary N) is 1. The van der Waals surface area contributed by atoms with Crippen molar-refractivity contribution in [2.24, 2.45) is 5.73 Å². The van der Waals surface area contributed by atoms with Crippen LogP contribution in [0.5, 0.6) is 0 Å². The monoisotopic (exact) mass is 271 g/mol. The Morgan fingerprint density at radius 3 is 2.75 bits per heavy atom. The number of benzene rings is 1. The van der Waals surface area contributed by atoms with Crippen LogP contribution in [0.2, 0.25) is 0 Å². The van der Waals surface area contributed by atoms with Gasteiger partial charge in [-0.25, -0.2) is 0 Å². The Bertz CT molecular complexity index is 560. The lowest BCUT2D eigenvalue weighted by atomic mass is 10.0. The van der Waals surface area contributed by atoms with Gasteiger partial charge in [-0.3, -0.25) is 4.90 Å². The molecule has 1 unspecified atom stereocenters. The average Bonchev–Trinajstić information content (AvgIpc) is 2.96. The van der Waals surface area contributed by atoms with Gasteiger partial charge >= 0.3 is 0 Å².